The summed E-state index contributed by atoms with van der Waals surface area (Å²) in [4.78, 5) is 12.3. The van der Waals surface area contributed by atoms with Crippen molar-refractivity contribution in [2.75, 3.05) is 13.2 Å². The molecule has 1 aromatic carbocycles. The summed E-state index contributed by atoms with van der Waals surface area (Å²) >= 11 is 0. The Bertz CT molecular complexity index is 378. The van der Waals surface area contributed by atoms with Gasteiger partial charge >= 0.3 is 0 Å². The minimum absolute atomic E-state index is 0.0700. The van der Waals surface area contributed by atoms with Crippen LogP contribution in [0.2, 0.25) is 0 Å². The van der Waals surface area contributed by atoms with Crippen LogP contribution in [0, 0.1) is 5.92 Å². The molecule has 0 spiro atoms. The van der Waals surface area contributed by atoms with E-state index in [-0.39, 0.29) is 11.7 Å². The van der Waals surface area contributed by atoms with Crippen LogP contribution >= 0.6 is 0 Å². The third-order valence-electron chi connectivity index (χ3n) is 3.28. The van der Waals surface area contributed by atoms with Gasteiger partial charge in [0.2, 0.25) is 0 Å². The summed E-state index contributed by atoms with van der Waals surface area (Å²) in [5.41, 5.74) is 2.11. The Hall–Kier alpha value is -1.15. The molecule has 0 N–H and O–H groups in total. The second-order valence-electron chi connectivity index (χ2n) is 4.73. The van der Waals surface area contributed by atoms with E-state index in [1.807, 2.05) is 18.2 Å². The molecule has 1 unspecified atom stereocenters. The molecular weight excluding hydrogens is 212 g/mol. The zero-order valence-electron chi connectivity index (χ0n) is 10.4. The van der Waals surface area contributed by atoms with Crippen LogP contribution in [-0.4, -0.2) is 19.0 Å². The molecule has 17 heavy (non-hydrogen) atoms. The molecule has 1 aliphatic heterocycles. The van der Waals surface area contributed by atoms with Gasteiger partial charge in [-0.2, -0.15) is 0 Å². The SMILES string of the molecule is CCCc1cccc(C(=O)C2CCCOC2)c1. The fraction of sp³-hybridized carbons (Fsp3) is 0.533. The number of ether oxygens (including phenoxy) is 1. The van der Waals surface area contributed by atoms with Crippen LogP contribution in [0.3, 0.4) is 0 Å². The summed E-state index contributed by atoms with van der Waals surface area (Å²) < 4.78 is 5.38. The van der Waals surface area contributed by atoms with Gasteiger partial charge in [-0.25, -0.2) is 0 Å². The van der Waals surface area contributed by atoms with Crippen LogP contribution in [0.5, 0.6) is 0 Å². The van der Waals surface area contributed by atoms with E-state index in [0.717, 1.165) is 37.9 Å². The van der Waals surface area contributed by atoms with Gasteiger partial charge in [-0.3, -0.25) is 4.79 Å². The van der Waals surface area contributed by atoms with Crippen LogP contribution in [0.15, 0.2) is 24.3 Å². The lowest BCUT2D eigenvalue weighted by Crippen LogP contribution is -2.25. The molecule has 1 saturated heterocycles. The van der Waals surface area contributed by atoms with Gasteiger partial charge in [0.15, 0.2) is 5.78 Å². The molecule has 0 amide bonds. The van der Waals surface area contributed by atoms with Crippen LogP contribution in [0.4, 0.5) is 0 Å². The number of carbonyl (C=O) groups is 1. The van der Waals surface area contributed by atoms with Gasteiger partial charge in [0.05, 0.1) is 6.61 Å². The van der Waals surface area contributed by atoms with Crippen LogP contribution in [0.1, 0.15) is 42.1 Å². The van der Waals surface area contributed by atoms with E-state index in [4.69, 9.17) is 4.74 Å². The Morgan fingerprint density at radius 2 is 2.35 bits per heavy atom. The minimum Gasteiger partial charge on any atom is -0.381 e. The number of Topliss-reactive ketones (excluding diaryl/α,β-unsaturated/α-hetero) is 1. The van der Waals surface area contributed by atoms with Crippen molar-refractivity contribution < 1.29 is 9.53 Å². The summed E-state index contributed by atoms with van der Waals surface area (Å²) in [5, 5.41) is 0. The molecule has 0 aliphatic carbocycles. The molecule has 0 radical (unpaired) electrons. The van der Waals surface area contributed by atoms with Gasteiger partial charge < -0.3 is 4.74 Å². The number of benzene rings is 1. The second-order valence-corrected chi connectivity index (χ2v) is 4.73. The highest BCUT2D eigenvalue weighted by molar-refractivity contribution is 5.98. The highest BCUT2D eigenvalue weighted by Crippen LogP contribution is 2.20. The normalized spacial score (nSPS) is 20.2. The van der Waals surface area contributed by atoms with Crippen LogP contribution in [-0.2, 0) is 11.2 Å². The molecule has 0 saturated carbocycles. The quantitative estimate of drug-likeness (QED) is 0.745. The topological polar surface area (TPSA) is 26.3 Å². The molecule has 1 heterocycles. The summed E-state index contributed by atoms with van der Waals surface area (Å²) in [6.45, 7) is 3.56. The fourth-order valence-electron chi connectivity index (χ4n) is 2.35. The number of hydrogen-bond donors (Lipinski definition) is 0. The van der Waals surface area contributed by atoms with E-state index in [9.17, 15) is 4.79 Å². The van der Waals surface area contributed by atoms with E-state index in [0.29, 0.717) is 6.61 Å². The molecule has 2 nitrogen and oxygen atoms in total. The zero-order chi connectivity index (χ0) is 12.1. The van der Waals surface area contributed by atoms with Crippen molar-refractivity contribution in [3.8, 4) is 0 Å². The molecule has 92 valence electrons. The highest BCUT2D eigenvalue weighted by Gasteiger charge is 2.22. The predicted octanol–water partition coefficient (Wildman–Crippen LogP) is 3.25. The number of carbonyl (C=O) groups excluding carboxylic acids is 1. The Morgan fingerprint density at radius 3 is 3.06 bits per heavy atom. The van der Waals surface area contributed by atoms with Gasteiger partial charge in [-0.15, -0.1) is 0 Å². The average Bonchev–Trinajstić information content (AvgIpc) is 2.40. The maximum absolute atomic E-state index is 12.3. The van der Waals surface area contributed by atoms with Crippen LogP contribution < -0.4 is 0 Å². The maximum Gasteiger partial charge on any atom is 0.168 e. The number of aryl methyl sites for hydroxylation is 1. The van der Waals surface area contributed by atoms with Gasteiger partial charge in [-0.1, -0.05) is 31.5 Å². The largest absolute Gasteiger partial charge is 0.381 e. The van der Waals surface area contributed by atoms with Crippen molar-refractivity contribution in [3.63, 3.8) is 0 Å². The Kier molecular flexibility index (Phi) is 4.32. The molecule has 1 aliphatic rings. The lowest BCUT2D eigenvalue weighted by atomic mass is 9.91. The summed E-state index contributed by atoms with van der Waals surface area (Å²) in [7, 11) is 0. The standard InChI is InChI=1S/C15H20O2/c1-2-5-12-6-3-7-13(10-12)15(16)14-8-4-9-17-11-14/h3,6-7,10,14H,2,4-5,8-9,11H2,1H3. The smallest absolute Gasteiger partial charge is 0.168 e. The first-order valence-corrected chi connectivity index (χ1v) is 6.52. The first kappa shape index (κ1) is 12.3. The Balaban J connectivity index is 2.09. The molecule has 0 bridgehead atoms. The molecule has 2 heteroatoms. The highest BCUT2D eigenvalue weighted by atomic mass is 16.5. The number of rotatable bonds is 4. The Morgan fingerprint density at radius 1 is 1.47 bits per heavy atom. The average molecular weight is 232 g/mol. The molecule has 1 aromatic rings. The first-order valence-electron chi connectivity index (χ1n) is 6.52. The molecule has 1 atom stereocenters. The van der Waals surface area contributed by atoms with E-state index >= 15 is 0 Å². The van der Waals surface area contributed by atoms with E-state index in [1.165, 1.54) is 5.56 Å². The third-order valence-corrected chi connectivity index (χ3v) is 3.28. The Labute approximate surface area is 103 Å². The van der Waals surface area contributed by atoms with E-state index in [2.05, 4.69) is 13.0 Å². The maximum atomic E-state index is 12.3. The summed E-state index contributed by atoms with van der Waals surface area (Å²) in [5.74, 6) is 0.322. The van der Waals surface area contributed by atoms with Crippen molar-refractivity contribution in [1.82, 2.24) is 0 Å². The van der Waals surface area contributed by atoms with E-state index < -0.39 is 0 Å². The van der Waals surface area contributed by atoms with Crippen molar-refractivity contribution in [2.45, 2.75) is 32.6 Å². The van der Waals surface area contributed by atoms with Crippen molar-refractivity contribution in [2.24, 2.45) is 5.92 Å². The summed E-state index contributed by atoms with van der Waals surface area (Å²) in [6.07, 6.45) is 4.13. The van der Waals surface area contributed by atoms with Crippen LogP contribution in [0.25, 0.3) is 0 Å². The van der Waals surface area contributed by atoms with Gasteiger partial charge in [0, 0.05) is 18.1 Å². The lowest BCUT2D eigenvalue weighted by Gasteiger charge is -2.21. The molecular formula is C15H20O2. The first-order chi connectivity index (χ1) is 8.31. The predicted molar refractivity (Wildman–Crippen MR) is 68.3 cm³/mol. The lowest BCUT2D eigenvalue weighted by molar-refractivity contribution is 0.0461. The summed E-state index contributed by atoms with van der Waals surface area (Å²) in [6, 6.07) is 8.05. The van der Waals surface area contributed by atoms with Crippen molar-refractivity contribution >= 4 is 5.78 Å². The zero-order valence-corrected chi connectivity index (χ0v) is 10.4. The number of ketones is 1. The van der Waals surface area contributed by atoms with Gasteiger partial charge in [0.25, 0.3) is 0 Å². The van der Waals surface area contributed by atoms with Gasteiger partial charge in [0.1, 0.15) is 0 Å². The minimum atomic E-state index is 0.0700. The molecule has 0 aromatic heterocycles. The van der Waals surface area contributed by atoms with E-state index in [1.54, 1.807) is 0 Å². The second kappa shape index (κ2) is 5.97. The van der Waals surface area contributed by atoms with Crippen molar-refractivity contribution in [1.29, 1.82) is 0 Å². The third kappa shape index (κ3) is 3.16. The van der Waals surface area contributed by atoms with Crippen molar-refractivity contribution in [3.05, 3.63) is 35.4 Å². The molecule has 1 fully saturated rings. The number of hydrogen-bond acceptors (Lipinski definition) is 2. The van der Waals surface area contributed by atoms with Gasteiger partial charge in [-0.05, 0) is 30.9 Å². The monoisotopic (exact) mass is 232 g/mol. The molecule has 2 rings (SSSR count). The fourth-order valence-corrected chi connectivity index (χ4v) is 2.35.